The van der Waals surface area contributed by atoms with E-state index in [1.165, 1.54) is 0 Å². The summed E-state index contributed by atoms with van der Waals surface area (Å²) in [5.41, 5.74) is 0. The Kier molecular flexibility index (Phi) is 5.36. The zero-order valence-corrected chi connectivity index (χ0v) is 14.1. The number of hydrogen-bond acceptors (Lipinski definition) is 6. The standard InChI is InChI=1S/C14H24ClNO6/c1-13(2)19-7-8(16-10(18)5-15)11(21-13)12-9(6-17)20-14(3,4)22-12/h8-9,11-12,17H,5-7H2,1-4H3,(H,16,18)/t8-,9-,11-,12-/m1/s1. The van der Waals surface area contributed by atoms with Gasteiger partial charge in [-0.25, -0.2) is 0 Å². The van der Waals surface area contributed by atoms with E-state index in [1.54, 1.807) is 27.7 Å². The van der Waals surface area contributed by atoms with E-state index < -0.39 is 35.9 Å². The highest BCUT2D eigenvalue weighted by atomic mass is 35.5. The van der Waals surface area contributed by atoms with E-state index in [9.17, 15) is 9.90 Å². The molecule has 0 aromatic heterocycles. The zero-order chi connectivity index (χ0) is 16.5. The Morgan fingerprint density at radius 3 is 2.41 bits per heavy atom. The third-order valence-corrected chi connectivity index (χ3v) is 3.86. The van der Waals surface area contributed by atoms with Gasteiger partial charge >= 0.3 is 0 Å². The first-order valence-corrected chi connectivity index (χ1v) is 7.84. The maximum Gasteiger partial charge on any atom is 0.235 e. The molecule has 0 radical (unpaired) electrons. The minimum Gasteiger partial charge on any atom is -0.394 e. The summed E-state index contributed by atoms with van der Waals surface area (Å²) < 4.78 is 23.1. The first kappa shape index (κ1) is 17.9. The van der Waals surface area contributed by atoms with Crippen LogP contribution in [0.5, 0.6) is 0 Å². The van der Waals surface area contributed by atoms with Crippen molar-refractivity contribution in [1.82, 2.24) is 5.32 Å². The Labute approximate surface area is 135 Å². The van der Waals surface area contributed by atoms with Gasteiger partial charge < -0.3 is 29.4 Å². The van der Waals surface area contributed by atoms with Gasteiger partial charge in [0.05, 0.1) is 19.3 Å². The summed E-state index contributed by atoms with van der Waals surface area (Å²) in [5, 5.41) is 12.3. The normalized spacial score (nSPS) is 37.0. The Morgan fingerprint density at radius 1 is 1.18 bits per heavy atom. The minimum absolute atomic E-state index is 0.149. The number of aliphatic hydroxyl groups is 1. The fourth-order valence-electron chi connectivity index (χ4n) is 2.78. The first-order chi connectivity index (χ1) is 10.2. The van der Waals surface area contributed by atoms with E-state index in [4.69, 9.17) is 30.5 Å². The fraction of sp³-hybridized carbons (Fsp3) is 0.929. The molecule has 1 amide bonds. The molecular weight excluding hydrogens is 314 g/mol. The summed E-state index contributed by atoms with van der Waals surface area (Å²) in [6, 6.07) is -0.434. The predicted molar refractivity (Wildman–Crippen MR) is 78.5 cm³/mol. The van der Waals surface area contributed by atoms with Gasteiger partial charge in [-0.15, -0.1) is 11.6 Å². The van der Waals surface area contributed by atoms with E-state index >= 15 is 0 Å². The molecule has 4 atom stereocenters. The second-order valence-corrected chi connectivity index (χ2v) is 6.69. The molecule has 2 aliphatic heterocycles. The van der Waals surface area contributed by atoms with Gasteiger partial charge in [-0.1, -0.05) is 0 Å². The summed E-state index contributed by atoms with van der Waals surface area (Å²) in [4.78, 5) is 11.6. The molecule has 2 fully saturated rings. The van der Waals surface area contributed by atoms with Gasteiger partial charge in [0.1, 0.15) is 24.2 Å². The van der Waals surface area contributed by atoms with E-state index in [2.05, 4.69) is 5.32 Å². The molecule has 128 valence electrons. The molecule has 0 aromatic rings. The van der Waals surface area contributed by atoms with E-state index in [-0.39, 0.29) is 25.0 Å². The molecular formula is C14H24ClNO6. The molecule has 8 heteroatoms. The largest absolute Gasteiger partial charge is 0.394 e. The Bertz CT molecular complexity index is 416. The average molecular weight is 338 g/mol. The second kappa shape index (κ2) is 6.59. The monoisotopic (exact) mass is 337 g/mol. The van der Waals surface area contributed by atoms with Crippen molar-refractivity contribution in [2.75, 3.05) is 19.1 Å². The van der Waals surface area contributed by atoms with E-state index in [1.807, 2.05) is 0 Å². The molecule has 22 heavy (non-hydrogen) atoms. The molecule has 2 rings (SSSR count). The first-order valence-electron chi connectivity index (χ1n) is 7.31. The summed E-state index contributed by atoms with van der Waals surface area (Å²) in [6.45, 7) is 7.17. The van der Waals surface area contributed by atoms with Gasteiger partial charge in [-0.3, -0.25) is 4.79 Å². The molecule has 2 saturated heterocycles. The lowest BCUT2D eigenvalue weighted by Gasteiger charge is -2.43. The maximum atomic E-state index is 11.6. The summed E-state index contributed by atoms with van der Waals surface area (Å²) in [7, 11) is 0. The fourth-order valence-corrected chi connectivity index (χ4v) is 2.85. The third kappa shape index (κ3) is 4.10. The van der Waals surface area contributed by atoms with Crippen LogP contribution in [0.1, 0.15) is 27.7 Å². The van der Waals surface area contributed by atoms with Crippen molar-refractivity contribution in [2.24, 2.45) is 0 Å². The van der Waals surface area contributed by atoms with Crippen molar-refractivity contribution in [3.8, 4) is 0 Å². The van der Waals surface area contributed by atoms with Crippen molar-refractivity contribution in [2.45, 2.75) is 63.6 Å². The van der Waals surface area contributed by atoms with Gasteiger partial charge in [-0.05, 0) is 27.7 Å². The summed E-state index contributed by atoms with van der Waals surface area (Å²) >= 11 is 5.55. The number of carbonyl (C=O) groups excluding carboxylic acids is 1. The number of rotatable bonds is 4. The van der Waals surface area contributed by atoms with Crippen molar-refractivity contribution < 1.29 is 28.8 Å². The van der Waals surface area contributed by atoms with E-state index in [0.717, 1.165) is 0 Å². The lowest BCUT2D eigenvalue weighted by molar-refractivity contribution is -0.302. The van der Waals surface area contributed by atoms with Crippen LogP contribution in [0.15, 0.2) is 0 Å². The van der Waals surface area contributed by atoms with Crippen molar-refractivity contribution in [1.29, 1.82) is 0 Å². The number of aliphatic hydroxyl groups excluding tert-OH is 1. The molecule has 0 bridgehead atoms. The molecule has 2 heterocycles. The summed E-state index contributed by atoms with van der Waals surface area (Å²) in [5.74, 6) is -2.11. The smallest absolute Gasteiger partial charge is 0.235 e. The lowest BCUT2D eigenvalue weighted by Crippen LogP contribution is -2.61. The topological polar surface area (TPSA) is 86.3 Å². The molecule has 2 N–H and O–H groups in total. The van der Waals surface area contributed by atoms with Crippen LogP contribution in [0.4, 0.5) is 0 Å². The Hall–Kier alpha value is -0.440. The molecule has 0 aromatic carbocycles. The Balaban J connectivity index is 2.19. The Morgan fingerprint density at radius 2 is 1.82 bits per heavy atom. The number of alkyl halides is 1. The molecule has 7 nitrogen and oxygen atoms in total. The van der Waals surface area contributed by atoms with Crippen LogP contribution in [0.3, 0.4) is 0 Å². The van der Waals surface area contributed by atoms with Crippen LogP contribution >= 0.6 is 11.6 Å². The highest BCUT2D eigenvalue weighted by molar-refractivity contribution is 6.27. The number of nitrogens with one attached hydrogen (secondary N) is 1. The molecule has 2 aliphatic rings. The number of ether oxygens (including phenoxy) is 4. The van der Waals surface area contributed by atoms with Crippen molar-refractivity contribution >= 4 is 17.5 Å². The van der Waals surface area contributed by atoms with Crippen molar-refractivity contribution in [3.05, 3.63) is 0 Å². The van der Waals surface area contributed by atoms with Crippen LogP contribution in [-0.2, 0) is 23.7 Å². The molecule has 0 spiro atoms. The van der Waals surface area contributed by atoms with Crippen LogP contribution in [0.2, 0.25) is 0 Å². The van der Waals surface area contributed by atoms with Crippen LogP contribution < -0.4 is 5.32 Å². The number of carbonyl (C=O) groups is 1. The van der Waals surface area contributed by atoms with Crippen LogP contribution in [0.25, 0.3) is 0 Å². The number of hydrogen-bond donors (Lipinski definition) is 2. The van der Waals surface area contributed by atoms with Gasteiger partial charge in [0.25, 0.3) is 0 Å². The van der Waals surface area contributed by atoms with Crippen molar-refractivity contribution in [3.63, 3.8) is 0 Å². The number of halogens is 1. The minimum atomic E-state index is -0.828. The highest BCUT2D eigenvalue weighted by Crippen LogP contribution is 2.35. The third-order valence-electron chi connectivity index (χ3n) is 3.62. The van der Waals surface area contributed by atoms with E-state index in [0.29, 0.717) is 0 Å². The second-order valence-electron chi connectivity index (χ2n) is 6.42. The van der Waals surface area contributed by atoms with Gasteiger partial charge in [0.2, 0.25) is 5.91 Å². The maximum absolute atomic E-state index is 11.6. The highest BCUT2D eigenvalue weighted by Gasteiger charge is 2.51. The van der Waals surface area contributed by atoms with Gasteiger partial charge in [-0.2, -0.15) is 0 Å². The van der Waals surface area contributed by atoms with Gasteiger partial charge in [0.15, 0.2) is 11.6 Å². The molecule has 0 aliphatic carbocycles. The SMILES string of the molecule is CC1(C)OC[C@@H](NC(=O)CCl)[C@H]([C@@H]2OC(C)(C)O[C@@H]2CO)O1. The lowest BCUT2D eigenvalue weighted by atomic mass is 9.99. The van der Waals surface area contributed by atoms with Gasteiger partial charge in [0, 0.05) is 0 Å². The molecule has 0 unspecified atom stereocenters. The number of amides is 1. The van der Waals surface area contributed by atoms with Crippen LogP contribution in [0, 0.1) is 0 Å². The quantitative estimate of drug-likeness (QED) is 0.721. The summed E-state index contributed by atoms with van der Waals surface area (Å²) in [6.07, 6.45) is -1.58. The molecule has 0 saturated carbocycles. The average Bonchev–Trinajstić information content (AvgIpc) is 2.75. The van der Waals surface area contributed by atoms with Crippen LogP contribution in [-0.4, -0.2) is 66.0 Å². The zero-order valence-electron chi connectivity index (χ0n) is 13.3. The predicted octanol–water partition coefficient (Wildman–Crippen LogP) is 0.374.